The van der Waals surface area contributed by atoms with Gasteiger partial charge >= 0.3 is 11.9 Å². The number of fused-ring (bicyclic) bond motifs is 1. The quantitative estimate of drug-likeness (QED) is 0.887. The molecule has 0 aromatic heterocycles. The molecule has 0 atom stereocenters. The van der Waals surface area contributed by atoms with Crippen molar-refractivity contribution in [3.05, 3.63) is 70.8 Å². The topological polar surface area (TPSA) is 74.6 Å². The Kier molecular flexibility index (Phi) is 5.31. The van der Waals surface area contributed by atoms with Gasteiger partial charge in [-0.2, -0.15) is 0 Å². The number of carboxylic acids is 2. The summed E-state index contributed by atoms with van der Waals surface area (Å²) >= 11 is 0. The van der Waals surface area contributed by atoms with Crippen LogP contribution < -0.4 is 0 Å². The van der Waals surface area contributed by atoms with E-state index < -0.39 is 11.9 Å². The van der Waals surface area contributed by atoms with Crippen LogP contribution in [0.3, 0.4) is 0 Å². The maximum atomic E-state index is 10.5. The van der Waals surface area contributed by atoms with E-state index >= 15 is 0 Å². The summed E-state index contributed by atoms with van der Waals surface area (Å²) in [6.07, 6.45) is 5.38. The summed E-state index contributed by atoms with van der Waals surface area (Å²) in [7, 11) is 0. The van der Waals surface area contributed by atoms with Crippen LogP contribution in [0.25, 0.3) is 0 Å². The third kappa shape index (κ3) is 3.95. The lowest BCUT2D eigenvalue weighted by Gasteiger charge is -2.13. The van der Waals surface area contributed by atoms with Gasteiger partial charge in [0.05, 0.1) is 11.1 Å². The van der Waals surface area contributed by atoms with E-state index in [2.05, 4.69) is 24.3 Å². The molecule has 0 unspecified atom stereocenters. The molecule has 0 saturated carbocycles. The van der Waals surface area contributed by atoms with Gasteiger partial charge in [0.25, 0.3) is 0 Å². The first-order chi connectivity index (χ1) is 10.6. The molecule has 0 spiro atoms. The van der Waals surface area contributed by atoms with Crippen LogP contribution in [0.15, 0.2) is 48.5 Å². The predicted molar refractivity (Wildman–Crippen MR) is 83.4 cm³/mol. The lowest BCUT2D eigenvalue weighted by molar-refractivity contribution is 0.0651. The highest BCUT2D eigenvalue weighted by molar-refractivity contribution is 6.01. The molecule has 0 amide bonds. The first-order valence-corrected chi connectivity index (χ1v) is 7.22. The Morgan fingerprint density at radius 3 is 1.41 bits per heavy atom. The molecule has 0 heterocycles. The number of carboxylic acid groups (broad SMARTS) is 2. The Morgan fingerprint density at radius 1 is 0.682 bits per heavy atom. The van der Waals surface area contributed by atoms with Gasteiger partial charge in [0, 0.05) is 0 Å². The number of benzene rings is 2. The number of rotatable bonds is 2. The molecule has 0 radical (unpaired) electrons. The number of hydrogen-bond acceptors (Lipinski definition) is 2. The fraction of sp³-hybridized carbons (Fsp3) is 0.222. The second-order valence-electron chi connectivity index (χ2n) is 5.13. The summed E-state index contributed by atoms with van der Waals surface area (Å²) in [6, 6.07) is 14.3. The minimum absolute atomic E-state index is 0.190. The summed E-state index contributed by atoms with van der Waals surface area (Å²) in [5.74, 6) is -2.46. The van der Waals surface area contributed by atoms with E-state index in [4.69, 9.17) is 10.2 Å². The third-order valence-electron chi connectivity index (χ3n) is 3.65. The Bertz CT molecular complexity index is 618. The summed E-state index contributed by atoms with van der Waals surface area (Å²) in [6.45, 7) is 0. The minimum atomic E-state index is -1.23. The lowest BCUT2D eigenvalue weighted by Crippen LogP contribution is -2.06. The molecule has 4 nitrogen and oxygen atoms in total. The minimum Gasteiger partial charge on any atom is -0.478 e. The fourth-order valence-electron chi connectivity index (χ4n) is 2.53. The zero-order valence-electron chi connectivity index (χ0n) is 12.2. The van der Waals surface area contributed by atoms with Gasteiger partial charge in [0.2, 0.25) is 0 Å². The highest BCUT2D eigenvalue weighted by atomic mass is 16.4. The Labute approximate surface area is 129 Å². The monoisotopic (exact) mass is 298 g/mol. The molecular weight excluding hydrogens is 280 g/mol. The summed E-state index contributed by atoms with van der Waals surface area (Å²) in [5, 5.41) is 17.1. The zero-order valence-corrected chi connectivity index (χ0v) is 12.2. The molecule has 0 aliphatic heterocycles. The normalized spacial score (nSPS) is 12.5. The van der Waals surface area contributed by atoms with Gasteiger partial charge in [-0.05, 0) is 48.9 Å². The molecular formula is C18H18O4. The molecule has 3 rings (SSSR count). The summed E-state index contributed by atoms with van der Waals surface area (Å²) in [5.41, 5.74) is 2.78. The van der Waals surface area contributed by atoms with Gasteiger partial charge in [0.15, 0.2) is 0 Å². The second-order valence-corrected chi connectivity index (χ2v) is 5.13. The first kappa shape index (κ1) is 15.8. The highest BCUT2D eigenvalue weighted by Gasteiger charge is 2.13. The van der Waals surface area contributed by atoms with Crippen LogP contribution in [0.4, 0.5) is 0 Å². The molecule has 1 aliphatic rings. The third-order valence-corrected chi connectivity index (χ3v) is 3.65. The van der Waals surface area contributed by atoms with E-state index in [1.807, 2.05) is 0 Å². The van der Waals surface area contributed by atoms with Crippen LogP contribution in [0.1, 0.15) is 44.7 Å². The van der Waals surface area contributed by atoms with Crippen molar-refractivity contribution in [3.8, 4) is 0 Å². The van der Waals surface area contributed by atoms with Gasteiger partial charge in [-0.1, -0.05) is 36.4 Å². The lowest BCUT2D eigenvalue weighted by atomic mass is 9.92. The summed E-state index contributed by atoms with van der Waals surface area (Å²) < 4.78 is 0. The van der Waals surface area contributed by atoms with Gasteiger partial charge in [-0.25, -0.2) is 9.59 Å². The smallest absolute Gasteiger partial charge is 0.336 e. The van der Waals surface area contributed by atoms with Crippen LogP contribution >= 0.6 is 0 Å². The Hall–Kier alpha value is -2.62. The van der Waals surface area contributed by atoms with Crippen molar-refractivity contribution in [2.24, 2.45) is 0 Å². The average Bonchev–Trinajstić information content (AvgIpc) is 2.55. The largest absolute Gasteiger partial charge is 0.478 e. The van der Waals surface area contributed by atoms with Crippen LogP contribution in [-0.2, 0) is 12.8 Å². The fourth-order valence-corrected chi connectivity index (χ4v) is 2.53. The van der Waals surface area contributed by atoms with Crippen molar-refractivity contribution in [2.45, 2.75) is 25.7 Å². The van der Waals surface area contributed by atoms with Gasteiger partial charge < -0.3 is 10.2 Å². The molecule has 114 valence electrons. The van der Waals surface area contributed by atoms with Gasteiger partial charge in [0.1, 0.15) is 0 Å². The van der Waals surface area contributed by atoms with Crippen molar-refractivity contribution in [1.29, 1.82) is 0 Å². The predicted octanol–water partition coefficient (Wildman–Crippen LogP) is 3.65. The summed E-state index contributed by atoms with van der Waals surface area (Å²) in [4.78, 5) is 20.9. The van der Waals surface area contributed by atoms with Gasteiger partial charge in [-0.15, -0.1) is 0 Å². The van der Waals surface area contributed by atoms with Crippen molar-refractivity contribution in [1.82, 2.24) is 0 Å². The van der Waals surface area contributed by atoms with Crippen LogP contribution in [0.2, 0.25) is 0 Å². The number of hydrogen-bond donors (Lipinski definition) is 2. The van der Waals surface area contributed by atoms with E-state index in [0.717, 1.165) is 0 Å². The van der Waals surface area contributed by atoms with Crippen molar-refractivity contribution in [3.63, 3.8) is 0 Å². The van der Waals surface area contributed by atoms with Crippen LogP contribution in [-0.4, -0.2) is 22.2 Å². The molecule has 4 heteroatoms. The van der Waals surface area contributed by atoms with Crippen molar-refractivity contribution >= 4 is 11.9 Å². The van der Waals surface area contributed by atoms with Crippen molar-refractivity contribution in [2.75, 3.05) is 0 Å². The Morgan fingerprint density at radius 2 is 1.05 bits per heavy atom. The van der Waals surface area contributed by atoms with E-state index in [-0.39, 0.29) is 11.1 Å². The van der Waals surface area contributed by atoms with Crippen LogP contribution in [0.5, 0.6) is 0 Å². The van der Waals surface area contributed by atoms with Crippen molar-refractivity contribution < 1.29 is 19.8 Å². The number of aryl methyl sites for hydroxylation is 2. The maximum absolute atomic E-state index is 10.5. The highest BCUT2D eigenvalue weighted by Crippen LogP contribution is 2.19. The average molecular weight is 298 g/mol. The first-order valence-electron chi connectivity index (χ1n) is 7.22. The van der Waals surface area contributed by atoms with Crippen LogP contribution in [0, 0.1) is 0 Å². The molecule has 0 bridgehead atoms. The SMILES string of the molecule is O=C(O)c1ccccc1C(=O)O.c1ccc2c(c1)CCCC2. The zero-order chi connectivity index (χ0) is 15.9. The van der Waals surface area contributed by atoms with E-state index in [1.165, 1.54) is 49.9 Å². The standard InChI is InChI=1S/C10H12.C8H6O4/c1-2-6-10-8-4-3-7-9(10)5-1;9-7(10)5-3-1-2-4-6(5)8(11)12/h1-2,5-6H,3-4,7-8H2;1-4H,(H,9,10)(H,11,12). The maximum Gasteiger partial charge on any atom is 0.336 e. The molecule has 2 aromatic carbocycles. The molecule has 0 fully saturated rings. The molecule has 1 aliphatic carbocycles. The van der Waals surface area contributed by atoms with E-state index in [9.17, 15) is 9.59 Å². The number of carbonyl (C=O) groups is 2. The number of aromatic carboxylic acids is 2. The van der Waals surface area contributed by atoms with Gasteiger partial charge in [-0.3, -0.25) is 0 Å². The second kappa shape index (κ2) is 7.41. The molecule has 0 saturated heterocycles. The molecule has 2 N–H and O–H groups in total. The molecule has 22 heavy (non-hydrogen) atoms. The molecule has 2 aromatic rings. The Balaban J connectivity index is 0.000000162. The van der Waals surface area contributed by atoms with E-state index in [1.54, 1.807) is 11.1 Å². The van der Waals surface area contributed by atoms with E-state index in [0.29, 0.717) is 0 Å².